The van der Waals surface area contributed by atoms with Crippen LogP contribution in [0.1, 0.15) is 24.6 Å². The average molecular weight is 303 g/mol. The van der Waals surface area contributed by atoms with E-state index in [0.717, 1.165) is 11.3 Å². The topological polar surface area (TPSA) is 74.7 Å². The van der Waals surface area contributed by atoms with Crippen molar-refractivity contribution in [3.63, 3.8) is 0 Å². The zero-order valence-corrected chi connectivity index (χ0v) is 12.3. The molecule has 1 aliphatic heterocycles. The van der Waals surface area contributed by atoms with Crippen LogP contribution in [0.2, 0.25) is 0 Å². The summed E-state index contributed by atoms with van der Waals surface area (Å²) >= 11 is 1.27. The van der Waals surface area contributed by atoms with Crippen molar-refractivity contribution in [3.05, 3.63) is 17.0 Å². The molecular weight excluding hydrogens is 286 g/mol. The Morgan fingerprint density at radius 3 is 2.84 bits per heavy atom. The Morgan fingerprint density at radius 1 is 1.53 bits per heavy atom. The Bertz CT molecular complexity index is 564. The second kappa shape index (κ2) is 5.60. The van der Waals surface area contributed by atoms with Crippen molar-refractivity contribution in [3.8, 4) is 0 Å². The van der Waals surface area contributed by atoms with E-state index in [-0.39, 0.29) is 6.54 Å². The van der Waals surface area contributed by atoms with Gasteiger partial charge in [-0.2, -0.15) is 4.31 Å². The zero-order chi connectivity index (χ0) is 14.0. The van der Waals surface area contributed by atoms with Crippen molar-refractivity contribution in [2.24, 2.45) is 5.92 Å². The molecule has 0 unspecified atom stereocenters. The minimum absolute atomic E-state index is 0.0804. The van der Waals surface area contributed by atoms with Gasteiger partial charge in [0.15, 0.2) is 0 Å². The summed E-state index contributed by atoms with van der Waals surface area (Å²) in [6, 6.07) is 3.43. The Kier molecular flexibility index (Phi) is 4.27. The van der Waals surface area contributed by atoms with Gasteiger partial charge >= 0.3 is 5.97 Å². The predicted molar refractivity (Wildman–Crippen MR) is 72.8 cm³/mol. The largest absolute Gasteiger partial charge is 0.481 e. The van der Waals surface area contributed by atoms with Crippen molar-refractivity contribution in [1.82, 2.24) is 4.31 Å². The first-order chi connectivity index (χ1) is 8.95. The second-order valence-electron chi connectivity index (χ2n) is 4.61. The van der Waals surface area contributed by atoms with E-state index in [4.69, 9.17) is 5.11 Å². The number of sulfonamides is 1. The highest BCUT2D eigenvalue weighted by Crippen LogP contribution is 2.28. The molecule has 1 aromatic rings. The first-order valence-corrected chi connectivity index (χ1v) is 8.52. The standard InChI is InChI=1S/C12H17NO4S2/c1-2-10-5-6-11(18-10)19(16,17)13-7-3-4-9(8-13)12(14)15/h5-6,9H,2-4,7-8H2,1H3,(H,14,15)/t9-/m1/s1. The molecule has 1 aromatic heterocycles. The Balaban J connectivity index is 2.21. The van der Waals surface area contributed by atoms with Gasteiger partial charge in [0.2, 0.25) is 0 Å². The number of carbonyl (C=O) groups is 1. The van der Waals surface area contributed by atoms with Gasteiger partial charge in [-0.3, -0.25) is 4.79 Å². The monoisotopic (exact) mass is 303 g/mol. The van der Waals surface area contributed by atoms with E-state index < -0.39 is 21.9 Å². The number of piperidine rings is 1. The Labute approximate surface area is 116 Å². The maximum Gasteiger partial charge on any atom is 0.307 e. The van der Waals surface area contributed by atoms with Gasteiger partial charge in [0, 0.05) is 18.0 Å². The van der Waals surface area contributed by atoms with E-state index in [1.807, 2.05) is 13.0 Å². The predicted octanol–water partition coefficient (Wildman–Crippen LogP) is 1.80. The van der Waals surface area contributed by atoms with Gasteiger partial charge in [-0.05, 0) is 31.4 Å². The number of carboxylic acids is 1. The van der Waals surface area contributed by atoms with Crippen molar-refractivity contribution < 1.29 is 18.3 Å². The SMILES string of the molecule is CCc1ccc(S(=O)(=O)N2CCC[C@@H](C(=O)O)C2)s1. The number of aryl methyl sites for hydroxylation is 1. The van der Waals surface area contributed by atoms with Gasteiger partial charge in [0.05, 0.1) is 5.92 Å². The second-order valence-corrected chi connectivity index (χ2v) is 7.95. The van der Waals surface area contributed by atoms with E-state index in [0.29, 0.717) is 23.6 Å². The maximum atomic E-state index is 12.4. The van der Waals surface area contributed by atoms with Crippen molar-refractivity contribution in [1.29, 1.82) is 0 Å². The number of hydrogen-bond acceptors (Lipinski definition) is 4. The zero-order valence-electron chi connectivity index (χ0n) is 10.7. The number of hydrogen-bond donors (Lipinski definition) is 1. The maximum absolute atomic E-state index is 12.4. The lowest BCUT2D eigenvalue weighted by atomic mass is 10.0. The molecule has 0 aromatic carbocycles. The highest BCUT2D eigenvalue weighted by atomic mass is 32.2. The molecule has 1 atom stereocenters. The van der Waals surface area contributed by atoms with Gasteiger partial charge in [0.25, 0.3) is 10.0 Å². The third kappa shape index (κ3) is 2.98. The summed E-state index contributed by atoms with van der Waals surface area (Å²) in [5.74, 6) is -1.51. The smallest absolute Gasteiger partial charge is 0.307 e. The molecule has 1 aliphatic rings. The lowest BCUT2D eigenvalue weighted by molar-refractivity contribution is -0.142. The first-order valence-electron chi connectivity index (χ1n) is 6.26. The molecule has 0 spiro atoms. The molecule has 2 rings (SSSR count). The van der Waals surface area contributed by atoms with Gasteiger partial charge < -0.3 is 5.11 Å². The molecule has 7 heteroatoms. The molecule has 0 bridgehead atoms. The quantitative estimate of drug-likeness (QED) is 0.920. The van der Waals surface area contributed by atoms with Crippen LogP contribution < -0.4 is 0 Å². The van der Waals surface area contributed by atoms with Crippen molar-refractivity contribution in [2.45, 2.75) is 30.4 Å². The molecule has 1 saturated heterocycles. The molecule has 0 radical (unpaired) electrons. The summed E-state index contributed by atoms with van der Waals surface area (Å²) in [6.07, 6.45) is 1.95. The van der Waals surface area contributed by atoms with Crippen LogP contribution in [0.3, 0.4) is 0 Å². The van der Waals surface area contributed by atoms with E-state index in [1.165, 1.54) is 15.6 Å². The third-order valence-corrected chi connectivity index (χ3v) is 6.88. The van der Waals surface area contributed by atoms with Crippen LogP contribution in [0, 0.1) is 5.92 Å². The number of rotatable bonds is 4. The summed E-state index contributed by atoms with van der Waals surface area (Å²) in [4.78, 5) is 12.0. The van der Waals surface area contributed by atoms with Gasteiger partial charge in [0.1, 0.15) is 4.21 Å². The van der Waals surface area contributed by atoms with E-state index in [2.05, 4.69) is 0 Å². The van der Waals surface area contributed by atoms with Gasteiger partial charge in [-0.1, -0.05) is 6.92 Å². The van der Waals surface area contributed by atoms with E-state index in [9.17, 15) is 13.2 Å². The molecule has 0 amide bonds. The number of thiophene rings is 1. The van der Waals surface area contributed by atoms with Crippen LogP contribution in [-0.2, 0) is 21.2 Å². The molecule has 1 fully saturated rings. The van der Waals surface area contributed by atoms with Crippen LogP contribution in [0.15, 0.2) is 16.3 Å². The molecule has 106 valence electrons. The summed E-state index contributed by atoms with van der Waals surface area (Å²) in [6.45, 7) is 2.46. The van der Waals surface area contributed by atoms with Gasteiger partial charge in [-0.15, -0.1) is 11.3 Å². The first kappa shape index (κ1) is 14.5. The van der Waals surface area contributed by atoms with E-state index >= 15 is 0 Å². The molecule has 19 heavy (non-hydrogen) atoms. The van der Waals surface area contributed by atoms with Gasteiger partial charge in [-0.25, -0.2) is 8.42 Å². The summed E-state index contributed by atoms with van der Waals surface area (Å²) in [5, 5.41) is 9.02. The third-order valence-electron chi connectivity index (χ3n) is 3.31. The average Bonchev–Trinajstić information content (AvgIpc) is 2.88. The molecule has 1 N–H and O–H groups in total. The highest BCUT2D eigenvalue weighted by Gasteiger charge is 2.33. The molecule has 0 aliphatic carbocycles. The molecule has 2 heterocycles. The van der Waals surface area contributed by atoms with Crippen LogP contribution in [0.5, 0.6) is 0 Å². The lowest BCUT2D eigenvalue weighted by Gasteiger charge is -2.29. The minimum Gasteiger partial charge on any atom is -0.481 e. The fourth-order valence-electron chi connectivity index (χ4n) is 2.18. The Morgan fingerprint density at radius 2 is 2.26 bits per heavy atom. The summed E-state index contributed by atoms with van der Waals surface area (Å²) < 4.78 is 26.5. The van der Waals surface area contributed by atoms with Crippen molar-refractivity contribution in [2.75, 3.05) is 13.1 Å². The number of nitrogens with zero attached hydrogens (tertiary/aromatic N) is 1. The van der Waals surface area contributed by atoms with Crippen LogP contribution >= 0.6 is 11.3 Å². The lowest BCUT2D eigenvalue weighted by Crippen LogP contribution is -2.41. The molecule has 5 nitrogen and oxygen atoms in total. The number of aliphatic carboxylic acids is 1. The fraction of sp³-hybridized carbons (Fsp3) is 0.583. The summed E-state index contributed by atoms with van der Waals surface area (Å²) in [7, 11) is -3.53. The minimum atomic E-state index is -3.53. The van der Waals surface area contributed by atoms with Crippen LogP contribution in [0.25, 0.3) is 0 Å². The number of carboxylic acid groups (broad SMARTS) is 1. The molecule has 0 saturated carbocycles. The summed E-state index contributed by atoms with van der Waals surface area (Å²) in [5.41, 5.74) is 0. The Hall–Kier alpha value is -0.920. The molecular formula is C12H17NO4S2. The van der Waals surface area contributed by atoms with Crippen LogP contribution in [0.4, 0.5) is 0 Å². The van der Waals surface area contributed by atoms with Crippen LogP contribution in [-0.4, -0.2) is 36.9 Å². The van der Waals surface area contributed by atoms with E-state index in [1.54, 1.807) is 6.07 Å². The highest BCUT2D eigenvalue weighted by molar-refractivity contribution is 7.91. The normalized spacial score (nSPS) is 21.4. The van der Waals surface area contributed by atoms with Crippen molar-refractivity contribution >= 4 is 27.3 Å². The fourth-order valence-corrected chi connectivity index (χ4v) is 5.15.